The number of hydrogen-bond acceptors (Lipinski definition) is 3. The lowest BCUT2D eigenvalue weighted by Gasteiger charge is -2.09. The third-order valence-corrected chi connectivity index (χ3v) is 3.11. The van der Waals surface area contributed by atoms with Gasteiger partial charge in [0.15, 0.2) is 5.78 Å². The molecule has 0 fully saturated rings. The van der Waals surface area contributed by atoms with Crippen LogP contribution in [0.4, 0.5) is 0 Å². The van der Waals surface area contributed by atoms with Crippen LogP contribution in [0, 0.1) is 6.92 Å². The summed E-state index contributed by atoms with van der Waals surface area (Å²) in [6, 6.07) is 9.10. The van der Waals surface area contributed by atoms with Crippen LogP contribution in [0.2, 0.25) is 5.02 Å². The molecule has 0 N–H and O–H groups in total. The van der Waals surface area contributed by atoms with Crippen LogP contribution in [0.15, 0.2) is 36.5 Å². The SMILES string of the molecule is COc1ccc(C)cc1CC(=O)c1ncccc1Cl. The van der Waals surface area contributed by atoms with Crippen LogP contribution >= 0.6 is 11.6 Å². The van der Waals surface area contributed by atoms with E-state index in [4.69, 9.17) is 16.3 Å². The minimum atomic E-state index is -0.116. The Balaban J connectivity index is 2.29. The molecule has 19 heavy (non-hydrogen) atoms. The van der Waals surface area contributed by atoms with Gasteiger partial charge in [-0.1, -0.05) is 29.3 Å². The van der Waals surface area contributed by atoms with Gasteiger partial charge in [0.1, 0.15) is 11.4 Å². The fraction of sp³-hybridized carbons (Fsp3) is 0.200. The van der Waals surface area contributed by atoms with Gasteiger partial charge < -0.3 is 4.74 Å². The molecule has 1 heterocycles. The van der Waals surface area contributed by atoms with E-state index in [2.05, 4.69) is 4.98 Å². The highest BCUT2D eigenvalue weighted by molar-refractivity contribution is 6.33. The molecule has 3 nitrogen and oxygen atoms in total. The van der Waals surface area contributed by atoms with Crippen molar-refractivity contribution in [1.82, 2.24) is 4.98 Å². The molecule has 0 unspecified atom stereocenters. The minimum Gasteiger partial charge on any atom is -0.496 e. The molecule has 4 heteroatoms. The average Bonchev–Trinajstić information content (AvgIpc) is 2.39. The Morgan fingerprint density at radius 3 is 2.84 bits per heavy atom. The average molecular weight is 276 g/mol. The number of carbonyl (C=O) groups excluding carboxylic acids is 1. The predicted molar refractivity (Wildman–Crippen MR) is 75.0 cm³/mol. The molecule has 2 rings (SSSR count). The summed E-state index contributed by atoms with van der Waals surface area (Å²) in [6.45, 7) is 1.97. The number of Topliss-reactive ketones (excluding diaryl/α,β-unsaturated/α-hetero) is 1. The first-order valence-electron chi connectivity index (χ1n) is 5.89. The van der Waals surface area contributed by atoms with Crippen LogP contribution in [0.3, 0.4) is 0 Å². The van der Waals surface area contributed by atoms with Crippen molar-refractivity contribution in [2.75, 3.05) is 7.11 Å². The van der Waals surface area contributed by atoms with Crippen LogP contribution < -0.4 is 4.74 Å². The first-order chi connectivity index (χ1) is 9.11. The highest BCUT2D eigenvalue weighted by Crippen LogP contribution is 2.22. The molecule has 0 saturated heterocycles. The van der Waals surface area contributed by atoms with Crippen molar-refractivity contribution in [2.45, 2.75) is 13.3 Å². The maximum atomic E-state index is 12.2. The number of aromatic nitrogens is 1. The zero-order valence-electron chi connectivity index (χ0n) is 10.8. The van der Waals surface area contributed by atoms with Gasteiger partial charge in [0, 0.05) is 18.2 Å². The molecule has 0 spiro atoms. The van der Waals surface area contributed by atoms with Crippen molar-refractivity contribution in [3.05, 3.63) is 58.4 Å². The predicted octanol–water partition coefficient (Wildman–Crippen LogP) is 3.48. The highest BCUT2D eigenvalue weighted by atomic mass is 35.5. The number of rotatable bonds is 4. The normalized spacial score (nSPS) is 10.3. The molecular formula is C15H14ClNO2. The number of benzene rings is 1. The Kier molecular flexibility index (Phi) is 4.17. The van der Waals surface area contributed by atoms with Gasteiger partial charge in [-0.15, -0.1) is 0 Å². The van der Waals surface area contributed by atoms with E-state index in [9.17, 15) is 4.79 Å². The quantitative estimate of drug-likeness (QED) is 0.802. The lowest BCUT2D eigenvalue weighted by molar-refractivity contribution is 0.0987. The Hall–Kier alpha value is -1.87. The lowest BCUT2D eigenvalue weighted by atomic mass is 10.0. The van der Waals surface area contributed by atoms with E-state index in [1.54, 1.807) is 25.4 Å². The number of halogens is 1. The second-order valence-corrected chi connectivity index (χ2v) is 4.66. The fourth-order valence-corrected chi connectivity index (χ4v) is 2.12. The van der Waals surface area contributed by atoms with E-state index in [1.165, 1.54) is 0 Å². The summed E-state index contributed by atoms with van der Waals surface area (Å²) in [7, 11) is 1.59. The first kappa shape index (κ1) is 13.6. The van der Waals surface area contributed by atoms with E-state index in [-0.39, 0.29) is 12.2 Å². The van der Waals surface area contributed by atoms with Crippen molar-refractivity contribution in [1.29, 1.82) is 0 Å². The molecule has 98 valence electrons. The van der Waals surface area contributed by atoms with Gasteiger partial charge >= 0.3 is 0 Å². The van der Waals surface area contributed by atoms with Gasteiger partial charge in [-0.3, -0.25) is 9.78 Å². The zero-order valence-corrected chi connectivity index (χ0v) is 11.6. The molecule has 0 aliphatic carbocycles. The van der Waals surface area contributed by atoms with Crippen molar-refractivity contribution in [3.63, 3.8) is 0 Å². The number of carbonyl (C=O) groups is 1. The summed E-state index contributed by atoms with van der Waals surface area (Å²) in [5, 5.41) is 0.374. The summed E-state index contributed by atoms with van der Waals surface area (Å²) in [5.74, 6) is 0.584. The Morgan fingerprint density at radius 2 is 2.16 bits per heavy atom. The van der Waals surface area contributed by atoms with Gasteiger partial charge in [-0.2, -0.15) is 0 Å². The number of pyridine rings is 1. The number of nitrogens with zero attached hydrogens (tertiary/aromatic N) is 1. The van der Waals surface area contributed by atoms with Crippen LogP contribution in [0.5, 0.6) is 5.75 Å². The van der Waals surface area contributed by atoms with Gasteiger partial charge in [-0.05, 0) is 25.1 Å². The summed E-state index contributed by atoms with van der Waals surface area (Å²) in [6.07, 6.45) is 1.79. The Morgan fingerprint density at radius 1 is 1.37 bits per heavy atom. The van der Waals surface area contributed by atoms with E-state index < -0.39 is 0 Å². The second-order valence-electron chi connectivity index (χ2n) is 4.25. The molecule has 0 atom stereocenters. The van der Waals surface area contributed by atoms with Gasteiger partial charge in [0.25, 0.3) is 0 Å². The molecule has 0 saturated carbocycles. The first-order valence-corrected chi connectivity index (χ1v) is 6.27. The number of methoxy groups -OCH3 is 1. The smallest absolute Gasteiger partial charge is 0.187 e. The van der Waals surface area contributed by atoms with E-state index >= 15 is 0 Å². The van der Waals surface area contributed by atoms with Crippen molar-refractivity contribution in [3.8, 4) is 5.75 Å². The van der Waals surface area contributed by atoms with E-state index in [1.807, 2.05) is 25.1 Å². The Bertz CT molecular complexity index is 611. The van der Waals surface area contributed by atoms with Crippen molar-refractivity contribution >= 4 is 17.4 Å². The molecule has 0 bridgehead atoms. The molecule has 0 aliphatic rings. The molecular weight excluding hydrogens is 262 g/mol. The zero-order chi connectivity index (χ0) is 13.8. The topological polar surface area (TPSA) is 39.2 Å². The van der Waals surface area contributed by atoms with Crippen LogP contribution in [0.25, 0.3) is 0 Å². The van der Waals surface area contributed by atoms with Crippen LogP contribution in [-0.2, 0) is 6.42 Å². The number of aryl methyl sites for hydroxylation is 1. The van der Waals surface area contributed by atoms with Crippen LogP contribution in [0.1, 0.15) is 21.6 Å². The number of ether oxygens (including phenoxy) is 1. The number of ketones is 1. The fourth-order valence-electron chi connectivity index (χ4n) is 1.89. The van der Waals surface area contributed by atoms with Gasteiger partial charge in [0.05, 0.1) is 12.1 Å². The van der Waals surface area contributed by atoms with E-state index in [0.717, 1.165) is 11.1 Å². The minimum absolute atomic E-state index is 0.116. The maximum Gasteiger partial charge on any atom is 0.187 e. The molecule has 0 amide bonds. The monoisotopic (exact) mass is 275 g/mol. The van der Waals surface area contributed by atoms with Crippen molar-refractivity contribution in [2.24, 2.45) is 0 Å². The summed E-state index contributed by atoms with van der Waals surface area (Å²) in [5.41, 5.74) is 2.22. The molecule has 0 aliphatic heterocycles. The summed E-state index contributed by atoms with van der Waals surface area (Å²) >= 11 is 5.98. The van der Waals surface area contributed by atoms with Gasteiger partial charge in [-0.25, -0.2) is 0 Å². The van der Waals surface area contributed by atoms with Crippen molar-refractivity contribution < 1.29 is 9.53 Å². The Labute approximate surface area is 117 Å². The van der Waals surface area contributed by atoms with Crippen LogP contribution in [-0.4, -0.2) is 17.9 Å². The molecule has 2 aromatic rings. The summed E-state index contributed by atoms with van der Waals surface area (Å²) in [4.78, 5) is 16.2. The van der Waals surface area contributed by atoms with E-state index in [0.29, 0.717) is 16.5 Å². The lowest BCUT2D eigenvalue weighted by Crippen LogP contribution is -2.08. The maximum absolute atomic E-state index is 12.2. The highest BCUT2D eigenvalue weighted by Gasteiger charge is 2.14. The molecule has 1 aromatic heterocycles. The standard InChI is InChI=1S/C15H14ClNO2/c1-10-5-6-14(19-2)11(8-10)9-13(18)15-12(16)4-3-7-17-15/h3-8H,9H2,1-2H3. The largest absolute Gasteiger partial charge is 0.496 e. The second kappa shape index (κ2) is 5.85. The van der Waals surface area contributed by atoms with Gasteiger partial charge in [0.2, 0.25) is 0 Å². The number of hydrogen-bond donors (Lipinski definition) is 0. The summed E-state index contributed by atoms with van der Waals surface area (Å²) < 4.78 is 5.26. The third-order valence-electron chi connectivity index (χ3n) is 2.81. The molecule has 0 radical (unpaired) electrons. The third kappa shape index (κ3) is 3.12. The molecule has 1 aromatic carbocycles.